The monoisotopic (exact) mass is 153 g/mol. The predicted molar refractivity (Wildman–Crippen MR) is 50.1 cm³/mol. The molecule has 1 nitrogen and oxygen atoms in total. The minimum Gasteiger partial charge on any atom is -0.294 e. The lowest BCUT2D eigenvalue weighted by atomic mass is 9.87. The normalized spacial score (nSPS) is 37.5. The van der Waals surface area contributed by atoms with Gasteiger partial charge in [-0.3, -0.25) is 4.99 Å². The molecule has 0 bridgehead atoms. The SMILES string of the molecule is CCCC1N=CC(C)CC1C. The minimum absolute atomic E-state index is 0.621. The summed E-state index contributed by atoms with van der Waals surface area (Å²) < 4.78 is 0. The summed E-state index contributed by atoms with van der Waals surface area (Å²) in [6.45, 7) is 6.82. The predicted octanol–water partition coefficient (Wildman–Crippen LogP) is 2.90. The largest absolute Gasteiger partial charge is 0.294 e. The van der Waals surface area contributed by atoms with E-state index in [1.165, 1.54) is 19.3 Å². The lowest BCUT2D eigenvalue weighted by molar-refractivity contribution is 0.363. The van der Waals surface area contributed by atoms with Crippen molar-refractivity contribution in [2.75, 3.05) is 0 Å². The summed E-state index contributed by atoms with van der Waals surface area (Å²) in [7, 11) is 0. The van der Waals surface area contributed by atoms with E-state index in [-0.39, 0.29) is 0 Å². The van der Waals surface area contributed by atoms with Crippen LogP contribution in [0.5, 0.6) is 0 Å². The molecule has 0 aromatic heterocycles. The molecular weight excluding hydrogens is 134 g/mol. The zero-order valence-electron chi connectivity index (χ0n) is 7.88. The molecule has 1 aliphatic heterocycles. The van der Waals surface area contributed by atoms with Gasteiger partial charge in [-0.15, -0.1) is 0 Å². The Balaban J connectivity index is 2.46. The molecule has 3 atom stereocenters. The van der Waals surface area contributed by atoms with Gasteiger partial charge in [0.05, 0.1) is 6.04 Å². The highest BCUT2D eigenvalue weighted by atomic mass is 14.8. The summed E-state index contributed by atoms with van der Waals surface area (Å²) in [5.41, 5.74) is 0. The number of hydrogen-bond acceptors (Lipinski definition) is 1. The lowest BCUT2D eigenvalue weighted by Crippen LogP contribution is -2.23. The zero-order chi connectivity index (χ0) is 8.27. The van der Waals surface area contributed by atoms with Gasteiger partial charge in [0.15, 0.2) is 0 Å². The van der Waals surface area contributed by atoms with Gasteiger partial charge < -0.3 is 0 Å². The molecule has 3 unspecified atom stereocenters. The van der Waals surface area contributed by atoms with E-state index in [1.54, 1.807) is 0 Å². The van der Waals surface area contributed by atoms with Crippen molar-refractivity contribution in [2.45, 2.75) is 46.1 Å². The van der Waals surface area contributed by atoms with Crippen molar-refractivity contribution >= 4 is 6.21 Å². The van der Waals surface area contributed by atoms with Crippen LogP contribution in [0.4, 0.5) is 0 Å². The second-order valence-electron chi connectivity index (χ2n) is 3.84. The van der Waals surface area contributed by atoms with Crippen LogP contribution in [0.3, 0.4) is 0 Å². The third-order valence-corrected chi connectivity index (χ3v) is 2.52. The van der Waals surface area contributed by atoms with Crippen molar-refractivity contribution in [3.05, 3.63) is 0 Å². The van der Waals surface area contributed by atoms with E-state index in [2.05, 4.69) is 32.0 Å². The number of nitrogens with zero attached hydrogens (tertiary/aromatic N) is 1. The number of aliphatic imine (C=N–C) groups is 1. The molecule has 1 heteroatoms. The van der Waals surface area contributed by atoms with E-state index >= 15 is 0 Å². The van der Waals surface area contributed by atoms with E-state index < -0.39 is 0 Å². The average Bonchev–Trinajstić information content (AvgIpc) is 1.95. The van der Waals surface area contributed by atoms with Crippen molar-refractivity contribution in [3.8, 4) is 0 Å². The van der Waals surface area contributed by atoms with Crippen LogP contribution in [0.15, 0.2) is 4.99 Å². The van der Waals surface area contributed by atoms with Crippen LogP contribution in [-0.2, 0) is 0 Å². The fraction of sp³-hybridized carbons (Fsp3) is 0.900. The molecule has 11 heavy (non-hydrogen) atoms. The van der Waals surface area contributed by atoms with Crippen LogP contribution in [0.2, 0.25) is 0 Å². The Hall–Kier alpha value is -0.330. The molecule has 0 amide bonds. The topological polar surface area (TPSA) is 12.4 Å². The first-order valence-electron chi connectivity index (χ1n) is 4.77. The van der Waals surface area contributed by atoms with E-state index in [4.69, 9.17) is 0 Å². The molecular formula is C10H19N. The van der Waals surface area contributed by atoms with Crippen molar-refractivity contribution in [3.63, 3.8) is 0 Å². The number of hydrogen-bond donors (Lipinski definition) is 0. The molecule has 0 aromatic rings. The quantitative estimate of drug-likeness (QED) is 0.578. The fourth-order valence-corrected chi connectivity index (χ4v) is 1.86. The van der Waals surface area contributed by atoms with Crippen LogP contribution in [0.25, 0.3) is 0 Å². The van der Waals surface area contributed by atoms with Crippen LogP contribution in [0, 0.1) is 11.8 Å². The van der Waals surface area contributed by atoms with E-state index in [9.17, 15) is 0 Å². The molecule has 0 aliphatic carbocycles. The van der Waals surface area contributed by atoms with Gasteiger partial charge in [-0.25, -0.2) is 0 Å². The molecule has 1 heterocycles. The third kappa shape index (κ3) is 2.32. The average molecular weight is 153 g/mol. The number of rotatable bonds is 2. The van der Waals surface area contributed by atoms with Gasteiger partial charge in [0.2, 0.25) is 0 Å². The van der Waals surface area contributed by atoms with Gasteiger partial charge in [-0.2, -0.15) is 0 Å². The summed E-state index contributed by atoms with van der Waals surface area (Å²) in [4.78, 5) is 4.56. The van der Waals surface area contributed by atoms with E-state index in [0.717, 1.165) is 5.92 Å². The molecule has 0 N–H and O–H groups in total. The summed E-state index contributed by atoms with van der Waals surface area (Å²) in [5, 5.41) is 0. The highest BCUT2D eigenvalue weighted by Crippen LogP contribution is 2.24. The Bertz CT molecular complexity index is 140. The molecule has 1 rings (SSSR count). The maximum atomic E-state index is 4.56. The molecule has 64 valence electrons. The standard InChI is InChI=1S/C10H19N/c1-4-5-10-9(3)6-8(2)7-11-10/h7-10H,4-6H2,1-3H3. The highest BCUT2D eigenvalue weighted by Gasteiger charge is 2.20. The summed E-state index contributed by atoms with van der Waals surface area (Å²) in [6.07, 6.45) is 6.00. The molecule has 0 fully saturated rings. The summed E-state index contributed by atoms with van der Waals surface area (Å²) >= 11 is 0. The smallest absolute Gasteiger partial charge is 0.0521 e. The van der Waals surface area contributed by atoms with Gasteiger partial charge in [-0.05, 0) is 24.7 Å². The Morgan fingerprint density at radius 3 is 2.73 bits per heavy atom. The van der Waals surface area contributed by atoms with Crippen LogP contribution >= 0.6 is 0 Å². The first-order chi connectivity index (χ1) is 5.24. The van der Waals surface area contributed by atoms with Crippen molar-refractivity contribution in [1.29, 1.82) is 0 Å². The maximum absolute atomic E-state index is 4.56. The van der Waals surface area contributed by atoms with Gasteiger partial charge in [0.1, 0.15) is 0 Å². The van der Waals surface area contributed by atoms with E-state index in [0.29, 0.717) is 12.0 Å². The van der Waals surface area contributed by atoms with Crippen molar-refractivity contribution in [2.24, 2.45) is 16.8 Å². The Morgan fingerprint density at radius 1 is 1.45 bits per heavy atom. The van der Waals surface area contributed by atoms with Gasteiger partial charge >= 0.3 is 0 Å². The molecule has 0 saturated heterocycles. The molecule has 1 aliphatic rings. The minimum atomic E-state index is 0.621. The summed E-state index contributed by atoms with van der Waals surface area (Å²) in [6, 6.07) is 0.621. The molecule has 0 aromatic carbocycles. The Kier molecular flexibility index (Phi) is 3.10. The van der Waals surface area contributed by atoms with Crippen molar-refractivity contribution in [1.82, 2.24) is 0 Å². The third-order valence-electron chi connectivity index (χ3n) is 2.52. The first kappa shape index (κ1) is 8.76. The van der Waals surface area contributed by atoms with Crippen LogP contribution < -0.4 is 0 Å². The molecule has 0 radical (unpaired) electrons. The lowest BCUT2D eigenvalue weighted by Gasteiger charge is -2.26. The zero-order valence-corrected chi connectivity index (χ0v) is 7.88. The first-order valence-corrected chi connectivity index (χ1v) is 4.77. The van der Waals surface area contributed by atoms with Crippen LogP contribution in [0.1, 0.15) is 40.0 Å². The van der Waals surface area contributed by atoms with Crippen molar-refractivity contribution < 1.29 is 0 Å². The van der Waals surface area contributed by atoms with E-state index in [1.807, 2.05) is 0 Å². The fourth-order valence-electron chi connectivity index (χ4n) is 1.86. The van der Waals surface area contributed by atoms with Gasteiger partial charge in [0.25, 0.3) is 0 Å². The summed E-state index contributed by atoms with van der Waals surface area (Å²) in [5.74, 6) is 1.51. The van der Waals surface area contributed by atoms with Crippen LogP contribution in [-0.4, -0.2) is 12.3 Å². The maximum Gasteiger partial charge on any atom is 0.0521 e. The van der Waals surface area contributed by atoms with Gasteiger partial charge in [0, 0.05) is 6.21 Å². The Labute approximate surface area is 69.9 Å². The second kappa shape index (κ2) is 3.89. The van der Waals surface area contributed by atoms with Gasteiger partial charge in [-0.1, -0.05) is 27.2 Å². The second-order valence-corrected chi connectivity index (χ2v) is 3.84. The Morgan fingerprint density at radius 2 is 2.18 bits per heavy atom. The molecule has 0 saturated carbocycles. The highest BCUT2D eigenvalue weighted by molar-refractivity contribution is 5.61. The molecule has 0 spiro atoms.